The van der Waals surface area contributed by atoms with Gasteiger partial charge < -0.3 is 10.6 Å². The Morgan fingerprint density at radius 3 is 2.10 bits per heavy atom. The molecule has 1 rings (SSSR count). The maximum atomic E-state index is 5.66. The molecule has 2 N–H and O–H groups in total. The Balaban J connectivity index is 2.37. The number of nitrogens with two attached hydrogens (primary N) is 1. The van der Waals surface area contributed by atoms with Gasteiger partial charge in [-0.05, 0) is 38.4 Å². The van der Waals surface area contributed by atoms with Crippen molar-refractivity contribution in [1.82, 2.24) is 0 Å². The molecule has 0 heterocycles. The summed E-state index contributed by atoms with van der Waals surface area (Å²) in [4.78, 5) is 2.49. The van der Waals surface area contributed by atoms with Crippen LogP contribution in [0.1, 0.15) is 57.4 Å². The molecular formula is C18H32N2. The SMILES string of the molecule is CCCCCCCCN(CCCN)c1ccc(C)cc1. The Kier molecular flexibility index (Phi) is 9.14. The van der Waals surface area contributed by atoms with Gasteiger partial charge in [0.2, 0.25) is 0 Å². The minimum atomic E-state index is 0.777. The van der Waals surface area contributed by atoms with Gasteiger partial charge in [0, 0.05) is 18.8 Å². The lowest BCUT2D eigenvalue weighted by Crippen LogP contribution is -2.27. The summed E-state index contributed by atoms with van der Waals surface area (Å²) in [6.07, 6.45) is 9.20. The molecule has 1 aromatic carbocycles. The number of aryl methyl sites for hydroxylation is 1. The lowest BCUT2D eigenvalue weighted by atomic mass is 10.1. The highest BCUT2D eigenvalue weighted by Crippen LogP contribution is 2.17. The van der Waals surface area contributed by atoms with Gasteiger partial charge >= 0.3 is 0 Å². The van der Waals surface area contributed by atoms with Crippen LogP contribution in [0, 0.1) is 6.92 Å². The highest BCUT2D eigenvalue weighted by atomic mass is 15.1. The van der Waals surface area contributed by atoms with Crippen molar-refractivity contribution in [3.05, 3.63) is 29.8 Å². The molecule has 0 atom stereocenters. The molecule has 0 amide bonds. The summed E-state index contributed by atoms with van der Waals surface area (Å²) in [5.41, 5.74) is 8.33. The first-order valence-electron chi connectivity index (χ1n) is 8.29. The van der Waals surface area contributed by atoms with E-state index in [1.54, 1.807) is 0 Å². The summed E-state index contributed by atoms with van der Waals surface area (Å²) >= 11 is 0. The molecule has 2 heteroatoms. The van der Waals surface area contributed by atoms with Crippen LogP contribution in [0.25, 0.3) is 0 Å². The average Bonchev–Trinajstić information content (AvgIpc) is 2.47. The van der Waals surface area contributed by atoms with Gasteiger partial charge in [-0.2, -0.15) is 0 Å². The average molecular weight is 276 g/mol. The molecule has 20 heavy (non-hydrogen) atoms. The molecule has 0 fully saturated rings. The number of rotatable bonds is 11. The zero-order valence-electron chi connectivity index (χ0n) is 13.4. The molecule has 2 nitrogen and oxygen atoms in total. The second kappa shape index (κ2) is 10.7. The maximum absolute atomic E-state index is 5.66. The maximum Gasteiger partial charge on any atom is 0.0366 e. The fourth-order valence-corrected chi connectivity index (χ4v) is 2.49. The van der Waals surface area contributed by atoms with Crippen LogP contribution in [-0.4, -0.2) is 19.6 Å². The summed E-state index contributed by atoms with van der Waals surface area (Å²) < 4.78 is 0. The standard InChI is InChI=1S/C18H32N2/c1-3-4-5-6-7-8-15-20(16-9-14-19)18-12-10-17(2)11-13-18/h10-13H,3-9,14-16,19H2,1-2H3. The number of benzene rings is 1. The second-order valence-electron chi connectivity index (χ2n) is 5.73. The second-order valence-corrected chi connectivity index (χ2v) is 5.73. The molecule has 1 aromatic rings. The third-order valence-electron chi connectivity index (χ3n) is 3.81. The van der Waals surface area contributed by atoms with Gasteiger partial charge in [-0.25, -0.2) is 0 Å². The minimum Gasteiger partial charge on any atom is -0.371 e. The van der Waals surface area contributed by atoms with Gasteiger partial charge in [0.05, 0.1) is 0 Å². The first-order valence-corrected chi connectivity index (χ1v) is 8.29. The largest absolute Gasteiger partial charge is 0.371 e. The highest BCUT2D eigenvalue weighted by Gasteiger charge is 2.05. The molecule has 0 saturated heterocycles. The van der Waals surface area contributed by atoms with Crippen LogP contribution in [-0.2, 0) is 0 Å². The number of hydrogen-bond donors (Lipinski definition) is 1. The fraction of sp³-hybridized carbons (Fsp3) is 0.667. The summed E-state index contributed by atoms with van der Waals surface area (Å²) in [5, 5.41) is 0. The van der Waals surface area contributed by atoms with Crippen LogP contribution in [0.5, 0.6) is 0 Å². The Bertz CT molecular complexity index is 332. The topological polar surface area (TPSA) is 29.3 Å². The zero-order chi connectivity index (χ0) is 14.6. The molecule has 114 valence electrons. The van der Waals surface area contributed by atoms with Crippen LogP contribution in [0.3, 0.4) is 0 Å². The monoisotopic (exact) mass is 276 g/mol. The van der Waals surface area contributed by atoms with Crippen molar-refractivity contribution in [2.24, 2.45) is 5.73 Å². The normalized spacial score (nSPS) is 10.8. The van der Waals surface area contributed by atoms with Gasteiger partial charge in [-0.15, -0.1) is 0 Å². The number of nitrogens with zero attached hydrogens (tertiary/aromatic N) is 1. The van der Waals surface area contributed by atoms with Crippen molar-refractivity contribution in [3.63, 3.8) is 0 Å². The van der Waals surface area contributed by atoms with Crippen molar-refractivity contribution < 1.29 is 0 Å². The smallest absolute Gasteiger partial charge is 0.0366 e. The van der Waals surface area contributed by atoms with Gasteiger partial charge in [0.1, 0.15) is 0 Å². The van der Waals surface area contributed by atoms with E-state index < -0.39 is 0 Å². The molecule has 0 radical (unpaired) electrons. The Labute approximate surface area is 125 Å². The predicted octanol–water partition coefficient (Wildman–Crippen LogP) is 4.51. The van der Waals surface area contributed by atoms with E-state index >= 15 is 0 Å². The van der Waals surface area contributed by atoms with Gasteiger partial charge in [0.25, 0.3) is 0 Å². The minimum absolute atomic E-state index is 0.777. The van der Waals surface area contributed by atoms with Gasteiger partial charge in [-0.1, -0.05) is 56.7 Å². The van der Waals surface area contributed by atoms with E-state index in [1.165, 1.54) is 49.8 Å². The molecular weight excluding hydrogens is 244 g/mol. The first kappa shape index (κ1) is 17.0. The van der Waals surface area contributed by atoms with E-state index in [0.29, 0.717) is 0 Å². The molecule has 0 aromatic heterocycles. The third-order valence-corrected chi connectivity index (χ3v) is 3.81. The van der Waals surface area contributed by atoms with Crippen LogP contribution >= 0.6 is 0 Å². The number of anilines is 1. The van der Waals surface area contributed by atoms with Crippen molar-refractivity contribution >= 4 is 5.69 Å². The van der Waals surface area contributed by atoms with E-state index in [9.17, 15) is 0 Å². The molecule has 0 unspecified atom stereocenters. The van der Waals surface area contributed by atoms with E-state index in [2.05, 4.69) is 43.0 Å². The van der Waals surface area contributed by atoms with Crippen molar-refractivity contribution in [3.8, 4) is 0 Å². The van der Waals surface area contributed by atoms with Crippen LogP contribution < -0.4 is 10.6 Å². The van der Waals surface area contributed by atoms with Crippen LogP contribution in [0.2, 0.25) is 0 Å². The fourth-order valence-electron chi connectivity index (χ4n) is 2.49. The van der Waals surface area contributed by atoms with E-state index in [0.717, 1.165) is 26.1 Å². The summed E-state index contributed by atoms with van der Waals surface area (Å²) in [6, 6.07) is 8.88. The molecule has 0 aliphatic carbocycles. The lowest BCUT2D eigenvalue weighted by Gasteiger charge is -2.25. The van der Waals surface area contributed by atoms with E-state index in [1.807, 2.05) is 0 Å². The summed E-state index contributed by atoms with van der Waals surface area (Å²) in [6.45, 7) is 7.43. The molecule has 0 bridgehead atoms. The molecule has 0 saturated carbocycles. The van der Waals surface area contributed by atoms with Gasteiger partial charge in [-0.3, -0.25) is 0 Å². The van der Waals surface area contributed by atoms with Crippen molar-refractivity contribution in [1.29, 1.82) is 0 Å². The lowest BCUT2D eigenvalue weighted by molar-refractivity contribution is 0.595. The summed E-state index contributed by atoms with van der Waals surface area (Å²) in [5.74, 6) is 0. The predicted molar refractivity (Wildman–Crippen MR) is 90.4 cm³/mol. The number of unbranched alkanes of at least 4 members (excludes halogenated alkanes) is 5. The first-order chi connectivity index (χ1) is 9.77. The Hall–Kier alpha value is -1.02. The van der Waals surface area contributed by atoms with Crippen LogP contribution in [0.4, 0.5) is 5.69 Å². The van der Waals surface area contributed by atoms with Gasteiger partial charge in [0.15, 0.2) is 0 Å². The zero-order valence-corrected chi connectivity index (χ0v) is 13.4. The van der Waals surface area contributed by atoms with Crippen molar-refractivity contribution in [2.75, 3.05) is 24.5 Å². The molecule has 0 spiro atoms. The summed E-state index contributed by atoms with van der Waals surface area (Å²) in [7, 11) is 0. The molecule has 0 aliphatic rings. The Morgan fingerprint density at radius 1 is 0.850 bits per heavy atom. The van der Waals surface area contributed by atoms with E-state index in [4.69, 9.17) is 5.73 Å². The highest BCUT2D eigenvalue weighted by molar-refractivity contribution is 5.47. The third kappa shape index (κ3) is 6.95. The Morgan fingerprint density at radius 2 is 1.45 bits per heavy atom. The van der Waals surface area contributed by atoms with Crippen LogP contribution in [0.15, 0.2) is 24.3 Å². The quantitative estimate of drug-likeness (QED) is 0.602. The number of hydrogen-bond acceptors (Lipinski definition) is 2. The van der Waals surface area contributed by atoms with E-state index in [-0.39, 0.29) is 0 Å². The van der Waals surface area contributed by atoms with Crippen molar-refractivity contribution in [2.45, 2.75) is 58.8 Å². The molecule has 0 aliphatic heterocycles.